The van der Waals surface area contributed by atoms with E-state index in [0.717, 1.165) is 52.0 Å². The molecule has 0 unspecified atom stereocenters. The molecule has 0 aliphatic carbocycles. The molecule has 6 nitrogen and oxygen atoms in total. The van der Waals surface area contributed by atoms with Crippen LogP contribution < -0.4 is 10.1 Å². The van der Waals surface area contributed by atoms with E-state index in [-0.39, 0.29) is 5.91 Å². The van der Waals surface area contributed by atoms with Crippen LogP contribution >= 0.6 is 11.3 Å². The molecule has 0 saturated heterocycles. The van der Waals surface area contributed by atoms with Crippen LogP contribution in [0.4, 0.5) is 0 Å². The first kappa shape index (κ1) is 21.9. The second-order valence-corrected chi connectivity index (χ2v) is 8.43. The van der Waals surface area contributed by atoms with Gasteiger partial charge in [0.15, 0.2) is 0 Å². The highest BCUT2D eigenvalue weighted by Gasteiger charge is 2.21. The Kier molecular flexibility index (Phi) is 6.75. The summed E-state index contributed by atoms with van der Waals surface area (Å²) in [6, 6.07) is 13.6. The minimum absolute atomic E-state index is 0.0546. The molecule has 1 aromatic carbocycles. The molecule has 3 aromatic heterocycles. The number of unbranched alkanes of at least 4 members (excludes halogenated alkanes) is 1. The van der Waals surface area contributed by atoms with Crippen molar-refractivity contribution in [1.82, 2.24) is 14.9 Å². The highest BCUT2D eigenvalue weighted by molar-refractivity contribution is 7.13. The zero-order chi connectivity index (χ0) is 22.5. The quantitative estimate of drug-likeness (QED) is 0.330. The standard InChI is InChI=1S/C25H27N3O3S/c1-4-5-12-26-24(29)21-14-23(28(17(21)2)15-20-7-6-13-31-20)22-16-32-25(27-22)18-8-10-19(30-3)11-9-18/h6-11,13-14,16H,4-5,12,15H2,1-3H3,(H,26,29). The average molecular weight is 450 g/mol. The summed E-state index contributed by atoms with van der Waals surface area (Å²) in [5.41, 5.74) is 4.32. The Balaban J connectivity index is 1.69. The van der Waals surface area contributed by atoms with Gasteiger partial charge in [0, 0.05) is 23.2 Å². The molecular formula is C25H27N3O3S. The number of methoxy groups -OCH3 is 1. The predicted molar refractivity (Wildman–Crippen MR) is 127 cm³/mol. The third-order valence-electron chi connectivity index (χ3n) is 5.42. The number of rotatable bonds is 9. The van der Waals surface area contributed by atoms with Crippen LogP contribution in [0.15, 0.2) is 58.5 Å². The fourth-order valence-corrected chi connectivity index (χ4v) is 4.40. The van der Waals surface area contributed by atoms with Crippen molar-refractivity contribution >= 4 is 17.2 Å². The lowest BCUT2D eigenvalue weighted by atomic mass is 10.2. The third kappa shape index (κ3) is 4.62. The molecule has 3 heterocycles. The Bertz CT molecular complexity index is 1170. The molecule has 4 rings (SSSR count). The molecular weight excluding hydrogens is 422 g/mol. The van der Waals surface area contributed by atoms with Crippen molar-refractivity contribution in [2.75, 3.05) is 13.7 Å². The van der Waals surface area contributed by atoms with Gasteiger partial charge in [0.2, 0.25) is 0 Å². The van der Waals surface area contributed by atoms with E-state index in [4.69, 9.17) is 14.1 Å². The largest absolute Gasteiger partial charge is 0.497 e. The van der Waals surface area contributed by atoms with E-state index in [1.54, 1.807) is 24.7 Å². The van der Waals surface area contributed by atoms with Gasteiger partial charge in [0.05, 0.1) is 36.9 Å². The fraction of sp³-hybridized carbons (Fsp3) is 0.280. The molecule has 1 amide bonds. The highest BCUT2D eigenvalue weighted by Crippen LogP contribution is 2.32. The number of carbonyl (C=O) groups is 1. The summed E-state index contributed by atoms with van der Waals surface area (Å²) in [5.74, 6) is 1.58. The molecule has 7 heteroatoms. The van der Waals surface area contributed by atoms with Gasteiger partial charge in [-0.15, -0.1) is 11.3 Å². The monoisotopic (exact) mass is 449 g/mol. The van der Waals surface area contributed by atoms with Crippen molar-refractivity contribution in [2.45, 2.75) is 33.2 Å². The normalized spacial score (nSPS) is 11.0. The van der Waals surface area contributed by atoms with E-state index in [9.17, 15) is 4.79 Å². The summed E-state index contributed by atoms with van der Waals surface area (Å²) < 4.78 is 12.9. The Labute approximate surface area is 191 Å². The predicted octanol–water partition coefficient (Wildman–Crippen LogP) is 5.77. The summed E-state index contributed by atoms with van der Waals surface area (Å²) in [5, 5.41) is 5.98. The van der Waals surface area contributed by atoms with Crippen molar-refractivity contribution in [3.05, 3.63) is 71.1 Å². The van der Waals surface area contributed by atoms with Crippen molar-refractivity contribution < 1.29 is 13.9 Å². The molecule has 32 heavy (non-hydrogen) atoms. The maximum atomic E-state index is 12.8. The summed E-state index contributed by atoms with van der Waals surface area (Å²) in [6.07, 6.45) is 3.66. The lowest BCUT2D eigenvalue weighted by Crippen LogP contribution is -2.24. The topological polar surface area (TPSA) is 69.3 Å². The Hall–Kier alpha value is -3.32. The number of amides is 1. The number of carbonyl (C=O) groups excluding carboxylic acids is 1. The van der Waals surface area contributed by atoms with E-state index in [2.05, 4.69) is 16.8 Å². The number of aromatic nitrogens is 2. The number of hydrogen-bond donors (Lipinski definition) is 1. The molecule has 0 saturated carbocycles. The Morgan fingerprint density at radius 3 is 2.75 bits per heavy atom. The van der Waals surface area contributed by atoms with Crippen LogP contribution in [0, 0.1) is 6.92 Å². The van der Waals surface area contributed by atoms with Gasteiger partial charge in [0.1, 0.15) is 16.5 Å². The summed E-state index contributed by atoms with van der Waals surface area (Å²) >= 11 is 1.58. The van der Waals surface area contributed by atoms with Crippen LogP contribution in [-0.2, 0) is 6.54 Å². The number of nitrogens with zero attached hydrogens (tertiary/aromatic N) is 2. The van der Waals surface area contributed by atoms with Crippen molar-refractivity contribution in [2.24, 2.45) is 0 Å². The minimum atomic E-state index is -0.0546. The molecule has 0 aliphatic heterocycles. The second kappa shape index (κ2) is 9.87. The molecule has 0 spiro atoms. The first-order valence-corrected chi connectivity index (χ1v) is 11.6. The van der Waals surface area contributed by atoms with E-state index >= 15 is 0 Å². The first-order valence-electron chi connectivity index (χ1n) is 10.7. The molecule has 4 aromatic rings. The van der Waals surface area contributed by atoms with E-state index < -0.39 is 0 Å². The van der Waals surface area contributed by atoms with Crippen molar-refractivity contribution in [3.63, 3.8) is 0 Å². The summed E-state index contributed by atoms with van der Waals surface area (Å²) in [7, 11) is 1.65. The third-order valence-corrected chi connectivity index (χ3v) is 6.32. The van der Waals surface area contributed by atoms with Crippen molar-refractivity contribution in [3.8, 4) is 27.7 Å². The van der Waals surface area contributed by atoms with E-state index in [1.165, 1.54) is 0 Å². The van der Waals surface area contributed by atoms with Gasteiger partial charge in [-0.05, 0) is 55.8 Å². The molecule has 0 bridgehead atoms. The van der Waals surface area contributed by atoms with Crippen molar-refractivity contribution in [1.29, 1.82) is 0 Å². The van der Waals surface area contributed by atoms with Gasteiger partial charge in [-0.1, -0.05) is 13.3 Å². The van der Waals surface area contributed by atoms with Crippen LogP contribution in [0.5, 0.6) is 5.75 Å². The summed E-state index contributed by atoms with van der Waals surface area (Å²) in [6.45, 7) is 5.29. The van der Waals surface area contributed by atoms with Gasteiger partial charge >= 0.3 is 0 Å². The number of thiazole rings is 1. The first-order chi connectivity index (χ1) is 15.6. The lowest BCUT2D eigenvalue weighted by molar-refractivity contribution is 0.0952. The number of benzene rings is 1. The van der Waals surface area contributed by atoms with E-state index in [1.807, 2.05) is 54.8 Å². The van der Waals surface area contributed by atoms with Crippen LogP contribution in [0.25, 0.3) is 22.0 Å². The van der Waals surface area contributed by atoms with E-state index in [0.29, 0.717) is 18.7 Å². The fourth-order valence-electron chi connectivity index (χ4n) is 3.58. The number of ether oxygens (including phenoxy) is 1. The SMILES string of the molecule is CCCCNC(=O)c1cc(-c2csc(-c3ccc(OC)cc3)n2)n(Cc2ccco2)c1C. The molecule has 0 aliphatic rings. The molecule has 1 N–H and O–H groups in total. The van der Waals surface area contributed by atoms with Gasteiger partial charge in [0.25, 0.3) is 5.91 Å². The second-order valence-electron chi connectivity index (χ2n) is 7.57. The summed E-state index contributed by atoms with van der Waals surface area (Å²) in [4.78, 5) is 17.7. The number of hydrogen-bond acceptors (Lipinski definition) is 5. The Morgan fingerprint density at radius 1 is 1.25 bits per heavy atom. The van der Waals surface area contributed by atoms with Gasteiger partial charge in [-0.25, -0.2) is 4.98 Å². The maximum Gasteiger partial charge on any atom is 0.253 e. The van der Waals surface area contributed by atoms with Crippen LogP contribution in [-0.4, -0.2) is 29.1 Å². The smallest absolute Gasteiger partial charge is 0.253 e. The van der Waals surface area contributed by atoms with Crippen LogP contribution in [0.2, 0.25) is 0 Å². The van der Waals surface area contributed by atoms with Crippen LogP contribution in [0.1, 0.15) is 41.6 Å². The lowest BCUT2D eigenvalue weighted by Gasteiger charge is -2.09. The van der Waals surface area contributed by atoms with Crippen LogP contribution in [0.3, 0.4) is 0 Å². The molecule has 0 radical (unpaired) electrons. The molecule has 166 valence electrons. The number of nitrogens with one attached hydrogen (secondary N) is 1. The molecule has 0 fully saturated rings. The zero-order valence-corrected chi connectivity index (χ0v) is 19.4. The minimum Gasteiger partial charge on any atom is -0.497 e. The molecule has 0 atom stereocenters. The van der Waals surface area contributed by atoms with Gasteiger partial charge in [-0.2, -0.15) is 0 Å². The average Bonchev–Trinajstić information content (AvgIpc) is 3.56. The maximum absolute atomic E-state index is 12.8. The Morgan fingerprint density at radius 2 is 2.06 bits per heavy atom. The zero-order valence-electron chi connectivity index (χ0n) is 18.6. The van der Waals surface area contributed by atoms with Gasteiger partial charge in [-0.3, -0.25) is 4.79 Å². The van der Waals surface area contributed by atoms with Gasteiger partial charge < -0.3 is 19.0 Å². The highest BCUT2D eigenvalue weighted by atomic mass is 32.1. The number of furan rings is 1.